The quantitative estimate of drug-likeness (QED) is 0.285. The summed E-state index contributed by atoms with van der Waals surface area (Å²) in [7, 11) is 0. The number of hydrogen-bond donors (Lipinski definition) is 2. The normalized spacial score (nSPS) is 11.7. The van der Waals surface area contributed by atoms with Gasteiger partial charge in [-0.2, -0.15) is 0 Å². The van der Waals surface area contributed by atoms with Gasteiger partial charge in [0.2, 0.25) is 0 Å². The zero-order chi connectivity index (χ0) is 24.0. The van der Waals surface area contributed by atoms with Crippen LogP contribution < -0.4 is 20.3 Å². The molecule has 1 unspecified atom stereocenters. The van der Waals surface area contributed by atoms with E-state index in [0.29, 0.717) is 17.4 Å². The Bertz CT molecular complexity index is 1170. The van der Waals surface area contributed by atoms with E-state index in [-0.39, 0.29) is 13.2 Å². The molecule has 9 heteroatoms. The van der Waals surface area contributed by atoms with Crippen LogP contribution in [0.5, 0.6) is 11.5 Å². The molecule has 0 saturated heterocycles. The summed E-state index contributed by atoms with van der Waals surface area (Å²) in [5, 5.41) is 1.99. The van der Waals surface area contributed by atoms with Crippen molar-refractivity contribution >= 4 is 70.4 Å². The number of carbonyl (C=O) groups is 2. The predicted octanol–water partition coefficient (Wildman–Crippen LogP) is 6.25. The summed E-state index contributed by atoms with van der Waals surface area (Å²) >= 11 is 10.4. The fourth-order valence-corrected chi connectivity index (χ4v) is 4.53. The summed E-state index contributed by atoms with van der Waals surface area (Å²) in [4.78, 5) is 24.1. The minimum Gasteiger partial charge on any atom is -0.483 e. The van der Waals surface area contributed by atoms with Crippen molar-refractivity contribution in [1.29, 1.82) is 0 Å². The smallest absolute Gasteiger partial charge is 0.276 e. The Balaban J connectivity index is 1.45. The van der Waals surface area contributed by atoms with E-state index < -0.39 is 11.8 Å². The number of halogens is 3. The molecule has 0 heterocycles. The molecule has 3 aromatic carbocycles. The lowest BCUT2D eigenvalue weighted by Crippen LogP contribution is -2.45. The maximum atomic E-state index is 12.1. The van der Waals surface area contributed by atoms with E-state index in [1.165, 1.54) is 5.56 Å². The Hall–Kier alpha value is -2.10. The van der Waals surface area contributed by atoms with E-state index >= 15 is 0 Å². The van der Waals surface area contributed by atoms with Gasteiger partial charge in [-0.25, -0.2) is 0 Å². The van der Waals surface area contributed by atoms with Crippen molar-refractivity contribution in [3.63, 3.8) is 0 Å². The summed E-state index contributed by atoms with van der Waals surface area (Å²) in [5.74, 6) is 0.540. The van der Waals surface area contributed by atoms with Crippen LogP contribution in [0.15, 0.2) is 61.9 Å². The number of fused-ring (bicyclic) bond motifs is 1. The van der Waals surface area contributed by atoms with Crippen LogP contribution in [0.2, 0.25) is 0 Å². The lowest BCUT2D eigenvalue weighted by molar-refractivity contribution is -0.131. The molecule has 0 spiro atoms. The van der Waals surface area contributed by atoms with Crippen LogP contribution in [0.3, 0.4) is 0 Å². The summed E-state index contributed by atoms with van der Waals surface area (Å²) in [6.07, 6.45) is 1.04. The largest absolute Gasteiger partial charge is 0.483 e. The Morgan fingerprint density at radius 2 is 1.52 bits per heavy atom. The van der Waals surface area contributed by atoms with Gasteiger partial charge in [0, 0.05) is 4.47 Å². The molecule has 6 nitrogen and oxygen atoms in total. The predicted molar refractivity (Wildman–Crippen MR) is 139 cm³/mol. The van der Waals surface area contributed by atoms with E-state index in [2.05, 4.69) is 72.5 Å². The highest BCUT2D eigenvalue weighted by Gasteiger charge is 2.12. The first-order valence-electron chi connectivity index (χ1n) is 10.3. The van der Waals surface area contributed by atoms with Crippen LogP contribution in [0.4, 0.5) is 0 Å². The number of hydrogen-bond acceptors (Lipinski definition) is 4. The van der Waals surface area contributed by atoms with Crippen LogP contribution in [0, 0.1) is 0 Å². The van der Waals surface area contributed by atoms with Crippen molar-refractivity contribution < 1.29 is 19.1 Å². The summed E-state index contributed by atoms with van der Waals surface area (Å²) < 4.78 is 13.6. The zero-order valence-corrected chi connectivity index (χ0v) is 22.8. The molecule has 2 amide bonds. The van der Waals surface area contributed by atoms with Gasteiger partial charge in [-0.05, 0) is 90.9 Å². The topological polar surface area (TPSA) is 76.7 Å². The molecule has 3 aromatic rings. The molecule has 0 bridgehead atoms. The lowest BCUT2D eigenvalue weighted by atomic mass is 9.99. The second-order valence-corrected chi connectivity index (χ2v) is 9.98. The zero-order valence-electron chi connectivity index (χ0n) is 18.1. The van der Waals surface area contributed by atoms with Crippen molar-refractivity contribution in [3.8, 4) is 11.5 Å². The van der Waals surface area contributed by atoms with Gasteiger partial charge < -0.3 is 9.47 Å². The van der Waals surface area contributed by atoms with Crippen molar-refractivity contribution in [1.82, 2.24) is 10.9 Å². The van der Waals surface area contributed by atoms with Crippen LogP contribution in [-0.2, 0) is 9.59 Å². The van der Waals surface area contributed by atoms with Gasteiger partial charge in [0.15, 0.2) is 13.2 Å². The SMILES string of the molecule is CCC(C)c1ccc(OCC(=O)NNC(=O)COc2ccc3cc(Br)ccc3c2Br)c(Br)c1. The Kier molecular flexibility index (Phi) is 9.17. The summed E-state index contributed by atoms with van der Waals surface area (Å²) in [6, 6.07) is 15.4. The van der Waals surface area contributed by atoms with Gasteiger partial charge in [0.1, 0.15) is 11.5 Å². The van der Waals surface area contributed by atoms with Crippen molar-refractivity contribution in [2.45, 2.75) is 26.2 Å². The highest BCUT2D eigenvalue weighted by atomic mass is 79.9. The van der Waals surface area contributed by atoms with Crippen LogP contribution in [0.25, 0.3) is 10.8 Å². The number of ether oxygens (including phenoxy) is 2. The summed E-state index contributed by atoms with van der Waals surface area (Å²) in [6.45, 7) is 3.78. The van der Waals surface area contributed by atoms with E-state index in [9.17, 15) is 9.59 Å². The molecular weight excluding hydrogens is 620 g/mol. The summed E-state index contributed by atoms with van der Waals surface area (Å²) in [5.41, 5.74) is 5.84. The first kappa shape index (κ1) is 25.5. The average molecular weight is 643 g/mol. The molecule has 33 heavy (non-hydrogen) atoms. The van der Waals surface area contributed by atoms with Crippen molar-refractivity contribution in [2.24, 2.45) is 0 Å². The average Bonchev–Trinajstić information content (AvgIpc) is 2.80. The highest BCUT2D eigenvalue weighted by molar-refractivity contribution is 9.11. The third-order valence-corrected chi connectivity index (χ3v) is 7.01. The fourth-order valence-electron chi connectivity index (χ4n) is 3.03. The Morgan fingerprint density at radius 3 is 2.15 bits per heavy atom. The monoisotopic (exact) mass is 640 g/mol. The van der Waals surface area contributed by atoms with Gasteiger partial charge in [-0.3, -0.25) is 20.4 Å². The van der Waals surface area contributed by atoms with Crippen LogP contribution >= 0.6 is 47.8 Å². The highest BCUT2D eigenvalue weighted by Crippen LogP contribution is 2.34. The van der Waals surface area contributed by atoms with Crippen molar-refractivity contribution in [2.75, 3.05) is 13.2 Å². The molecule has 0 radical (unpaired) electrons. The molecule has 0 aromatic heterocycles. The van der Waals surface area contributed by atoms with Gasteiger partial charge in [0.25, 0.3) is 11.8 Å². The second-order valence-electron chi connectivity index (χ2n) is 7.42. The van der Waals surface area contributed by atoms with E-state index in [0.717, 1.165) is 30.6 Å². The second kappa shape index (κ2) is 11.9. The van der Waals surface area contributed by atoms with E-state index in [1.807, 2.05) is 42.5 Å². The molecule has 0 aliphatic carbocycles. The van der Waals surface area contributed by atoms with Crippen LogP contribution in [0.1, 0.15) is 31.7 Å². The molecule has 3 rings (SSSR count). The third kappa shape index (κ3) is 6.94. The number of nitrogens with one attached hydrogen (secondary N) is 2. The molecule has 2 N–H and O–H groups in total. The number of amides is 2. The molecule has 0 saturated carbocycles. The van der Waals surface area contributed by atoms with Gasteiger partial charge in [0.05, 0.1) is 8.95 Å². The molecule has 0 aliphatic heterocycles. The van der Waals surface area contributed by atoms with Gasteiger partial charge in [-0.15, -0.1) is 0 Å². The maximum Gasteiger partial charge on any atom is 0.276 e. The van der Waals surface area contributed by atoms with Crippen LogP contribution in [-0.4, -0.2) is 25.0 Å². The van der Waals surface area contributed by atoms with Gasteiger partial charge >= 0.3 is 0 Å². The molecule has 0 aliphatic rings. The molecule has 1 atom stereocenters. The van der Waals surface area contributed by atoms with E-state index in [1.54, 1.807) is 6.07 Å². The minimum atomic E-state index is -0.495. The fraction of sp³-hybridized carbons (Fsp3) is 0.250. The molecular formula is C24H23Br3N2O4. The number of hydrazine groups is 1. The van der Waals surface area contributed by atoms with E-state index in [4.69, 9.17) is 9.47 Å². The first-order chi connectivity index (χ1) is 15.8. The number of carbonyl (C=O) groups excluding carboxylic acids is 2. The molecule has 174 valence electrons. The Labute approximate surface area is 217 Å². The lowest BCUT2D eigenvalue weighted by Gasteiger charge is -2.13. The van der Waals surface area contributed by atoms with Gasteiger partial charge in [-0.1, -0.05) is 48.0 Å². The first-order valence-corrected chi connectivity index (χ1v) is 12.7. The number of benzene rings is 3. The third-order valence-electron chi connectivity index (χ3n) is 5.08. The Morgan fingerprint density at radius 1 is 0.879 bits per heavy atom. The molecule has 0 fully saturated rings. The number of rotatable bonds is 8. The maximum absolute atomic E-state index is 12.1. The van der Waals surface area contributed by atoms with Crippen molar-refractivity contribution in [3.05, 3.63) is 67.5 Å². The standard InChI is InChI=1S/C24H23Br3N2O4/c1-3-14(2)15-4-8-20(19(26)11-15)32-12-22(30)28-29-23(31)13-33-21-9-5-16-10-17(25)6-7-18(16)24(21)27/h4-11,14H,3,12-13H2,1-2H3,(H,28,30)(H,29,31). The minimum absolute atomic E-state index is 0.242.